The Kier molecular flexibility index (Phi) is 4.00. The molecule has 2 aromatic carbocycles. The molecule has 0 saturated heterocycles. The van der Waals surface area contributed by atoms with Gasteiger partial charge in [-0.05, 0) is 27.9 Å². The molecule has 3 rings (SSSR count). The highest BCUT2D eigenvalue weighted by Crippen LogP contribution is 2.39. The number of fused-ring (bicyclic) bond motifs is 1. The molecule has 0 amide bonds. The minimum atomic E-state index is -2.12. The second-order valence-corrected chi connectivity index (χ2v) is 9.82. The lowest BCUT2D eigenvalue weighted by atomic mass is 10.1. The van der Waals surface area contributed by atoms with E-state index in [1.807, 2.05) is 0 Å². The summed E-state index contributed by atoms with van der Waals surface area (Å²) in [7, 11) is -2.12. The normalized spacial score (nSPS) is 25.6. The molecule has 1 aliphatic heterocycles. The van der Waals surface area contributed by atoms with Crippen LogP contribution < -0.4 is 10.4 Å². The Morgan fingerprint density at radius 2 is 1.67 bits per heavy atom. The van der Waals surface area contributed by atoms with Crippen molar-refractivity contribution in [2.24, 2.45) is 0 Å². The molecular weight excluding hydrogens is 272 g/mol. The molecule has 1 aliphatic rings. The summed E-state index contributed by atoms with van der Waals surface area (Å²) in [4.78, 5) is 0. The third kappa shape index (κ3) is 2.17. The summed E-state index contributed by atoms with van der Waals surface area (Å²) < 4.78 is 6.85. The van der Waals surface area contributed by atoms with Crippen LogP contribution in [0.1, 0.15) is 45.3 Å². The number of benzene rings is 2. The molecule has 0 N–H and O–H groups in total. The number of rotatable bonds is 4. The van der Waals surface area contributed by atoms with Crippen molar-refractivity contribution in [2.75, 3.05) is 0 Å². The highest BCUT2D eigenvalue weighted by Gasteiger charge is 2.51. The van der Waals surface area contributed by atoms with E-state index in [9.17, 15) is 0 Å². The summed E-state index contributed by atoms with van der Waals surface area (Å²) in [5.41, 5.74) is 2.01. The van der Waals surface area contributed by atoms with Gasteiger partial charge in [0, 0.05) is 0 Å². The summed E-state index contributed by atoms with van der Waals surface area (Å²) in [5, 5.41) is 2.92. The standard InChI is InChI=1S/C19H24OSi/c1-4-15(3)21(16-11-7-6-8-12-16)19-14-10-9-13-17(19)18(5-2)20-21/h6-15,18H,4-5H2,1-3H3/t15?,18-,21?/m0/s1. The monoisotopic (exact) mass is 296 g/mol. The van der Waals surface area contributed by atoms with Crippen LogP contribution in [-0.4, -0.2) is 8.32 Å². The molecule has 2 heteroatoms. The van der Waals surface area contributed by atoms with Gasteiger partial charge in [-0.15, -0.1) is 0 Å². The molecule has 0 fully saturated rings. The Hall–Kier alpha value is -1.38. The first-order valence-electron chi connectivity index (χ1n) is 8.06. The van der Waals surface area contributed by atoms with E-state index in [0.29, 0.717) is 5.54 Å². The molecule has 110 valence electrons. The minimum absolute atomic E-state index is 0.266. The molecule has 1 nitrogen and oxygen atoms in total. The van der Waals surface area contributed by atoms with Crippen molar-refractivity contribution in [1.29, 1.82) is 0 Å². The van der Waals surface area contributed by atoms with E-state index in [4.69, 9.17) is 4.43 Å². The number of hydrogen-bond donors (Lipinski definition) is 0. The molecule has 0 bridgehead atoms. The van der Waals surface area contributed by atoms with Crippen LogP contribution in [0.5, 0.6) is 0 Å². The van der Waals surface area contributed by atoms with E-state index in [2.05, 4.69) is 75.4 Å². The van der Waals surface area contributed by atoms with Gasteiger partial charge < -0.3 is 4.43 Å². The number of hydrogen-bond acceptors (Lipinski definition) is 1. The van der Waals surface area contributed by atoms with E-state index in [1.54, 1.807) is 0 Å². The smallest absolute Gasteiger partial charge is 0.259 e. The third-order valence-electron chi connectivity index (χ3n) is 4.92. The van der Waals surface area contributed by atoms with E-state index < -0.39 is 8.32 Å². The topological polar surface area (TPSA) is 9.23 Å². The Morgan fingerprint density at radius 1 is 1.00 bits per heavy atom. The summed E-state index contributed by atoms with van der Waals surface area (Å²) in [5.74, 6) is 0. The lowest BCUT2D eigenvalue weighted by molar-refractivity contribution is 0.207. The van der Waals surface area contributed by atoms with Gasteiger partial charge in [0.15, 0.2) is 0 Å². The maximum absolute atomic E-state index is 6.85. The molecule has 2 aromatic rings. The van der Waals surface area contributed by atoms with Gasteiger partial charge in [0.2, 0.25) is 0 Å². The quantitative estimate of drug-likeness (QED) is 0.774. The lowest BCUT2D eigenvalue weighted by Gasteiger charge is -2.34. The fourth-order valence-electron chi connectivity index (χ4n) is 3.63. The van der Waals surface area contributed by atoms with Crippen LogP contribution in [0.15, 0.2) is 54.6 Å². The third-order valence-corrected chi connectivity index (χ3v) is 9.81. The van der Waals surface area contributed by atoms with Gasteiger partial charge in [0.25, 0.3) is 8.32 Å². The maximum atomic E-state index is 6.85. The van der Waals surface area contributed by atoms with Gasteiger partial charge >= 0.3 is 0 Å². The van der Waals surface area contributed by atoms with E-state index in [0.717, 1.165) is 12.8 Å². The Bertz CT molecular complexity index is 610. The first kappa shape index (κ1) is 14.5. The van der Waals surface area contributed by atoms with Crippen molar-refractivity contribution >= 4 is 18.7 Å². The van der Waals surface area contributed by atoms with Crippen LogP contribution in [0.25, 0.3) is 0 Å². The predicted octanol–water partition coefficient (Wildman–Crippen LogP) is 4.03. The highest BCUT2D eigenvalue weighted by molar-refractivity contribution is 6.99. The second kappa shape index (κ2) is 5.78. The fourth-order valence-corrected chi connectivity index (χ4v) is 8.56. The van der Waals surface area contributed by atoms with Gasteiger partial charge in [-0.3, -0.25) is 0 Å². The highest BCUT2D eigenvalue weighted by atomic mass is 28.4. The zero-order valence-electron chi connectivity index (χ0n) is 13.2. The zero-order chi connectivity index (χ0) is 14.9. The van der Waals surface area contributed by atoms with E-state index in [-0.39, 0.29) is 6.10 Å². The predicted molar refractivity (Wildman–Crippen MR) is 91.7 cm³/mol. The zero-order valence-corrected chi connectivity index (χ0v) is 14.2. The van der Waals surface area contributed by atoms with Crippen LogP contribution in [-0.2, 0) is 4.43 Å². The summed E-state index contributed by atoms with van der Waals surface area (Å²) in [6.45, 7) is 6.88. The molecule has 2 unspecified atom stereocenters. The average Bonchev–Trinajstić information content (AvgIpc) is 2.91. The van der Waals surface area contributed by atoms with Crippen LogP contribution in [0.4, 0.5) is 0 Å². The molecule has 3 atom stereocenters. The summed E-state index contributed by atoms with van der Waals surface area (Å²) in [6.07, 6.45) is 2.48. The van der Waals surface area contributed by atoms with Gasteiger partial charge in [-0.25, -0.2) is 0 Å². The lowest BCUT2D eigenvalue weighted by Crippen LogP contribution is -2.60. The molecule has 0 aromatic heterocycles. The van der Waals surface area contributed by atoms with E-state index >= 15 is 0 Å². The molecule has 0 aliphatic carbocycles. The van der Waals surface area contributed by atoms with Crippen molar-refractivity contribution in [3.8, 4) is 0 Å². The van der Waals surface area contributed by atoms with Gasteiger partial charge in [-0.1, -0.05) is 81.8 Å². The van der Waals surface area contributed by atoms with Gasteiger partial charge in [-0.2, -0.15) is 0 Å². The Morgan fingerprint density at radius 3 is 2.33 bits per heavy atom. The van der Waals surface area contributed by atoms with Crippen molar-refractivity contribution in [1.82, 2.24) is 0 Å². The first-order chi connectivity index (χ1) is 10.2. The molecule has 21 heavy (non-hydrogen) atoms. The second-order valence-electron chi connectivity index (χ2n) is 6.01. The minimum Gasteiger partial charge on any atom is -0.401 e. The maximum Gasteiger partial charge on any atom is 0.259 e. The first-order valence-corrected chi connectivity index (χ1v) is 10.0. The Balaban J connectivity index is 2.23. The summed E-state index contributed by atoms with van der Waals surface area (Å²) >= 11 is 0. The van der Waals surface area contributed by atoms with Gasteiger partial charge in [0.05, 0.1) is 6.10 Å². The SMILES string of the molecule is CCC(C)[Si]1(c2ccccc2)O[C@@H](CC)c2ccccc21. The van der Waals surface area contributed by atoms with Gasteiger partial charge in [0.1, 0.15) is 0 Å². The van der Waals surface area contributed by atoms with Crippen molar-refractivity contribution < 1.29 is 4.43 Å². The fraction of sp³-hybridized carbons (Fsp3) is 0.368. The van der Waals surface area contributed by atoms with Crippen LogP contribution >= 0.6 is 0 Å². The van der Waals surface area contributed by atoms with Crippen LogP contribution in [0.3, 0.4) is 0 Å². The van der Waals surface area contributed by atoms with Crippen LogP contribution in [0.2, 0.25) is 5.54 Å². The van der Waals surface area contributed by atoms with Crippen LogP contribution in [0, 0.1) is 0 Å². The molecule has 1 heterocycles. The van der Waals surface area contributed by atoms with Crippen molar-refractivity contribution in [3.05, 3.63) is 60.2 Å². The molecule has 0 saturated carbocycles. The average molecular weight is 296 g/mol. The molecule has 0 spiro atoms. The summed E-state index contributed by atoms with van der Waals surface area (Å²) in [6, 6.07) is 19.8. The Labute approximate surface area is 129 Å². The molecular formula is C19H24OSi. The van der Waals surface area contributed by atoms with Crippen molar-refractivity contribution in [2.45, 2.75) is 45.3 Å². The van der Waals surface area contributed by atoms with E-state index in [1.165, 1.54) is 15.9 Å². The largest absolute Gasteiger partial charge is 0.401 e. The van der Waals surface area contributed by atoms with Crippen molar-refractivity contribution in [3.63, 3.8) is 0 Å². The molecule has 0 radical (unpaired) electrons.